The van der Waals surface area contributed by atoms with E-state index in [0.29, 0.717) is 19.4 Å². The standard InChI is InChI=1S/C27H32N2O5/c1-16(25(30)29-14-8-13-19(18(29)3)26(31)32)17(2)28-27(33)34-15-24-22-11-6-4-9-20(22)21-10-5-7-12-23(21)24/h4-7,9-12,16-19,24H,8,13-15H2,1-3H3,(H,28,33)(H,31,32)/t16?,17?,18-,19-/m1/s1. The number of carboxylic acid groups (broad SMARTS) is 1. The lowest BCUT2D eigenvalue weighted by Crippen LogP contribution is -2.53. The third kappa shape index (κ3) is 4.52. The second-order valence-electron chi connectivity index (χ2n) is 9.41. The van der Waals surface area contributed by atoms with Gasteiger partial charge in [-0.2, -0.15) is 0 Å². The second kappa shape index (κ2) is 9.87. The lowest BCUT2D eigenvalue weighted by atomic mass is 9.88. The Balaban J connectivity index is 1.35. The van der Waals surface area contributed by atoms with Gasteiger partial charge in [0.1, 0.15) is 6.61 Å². The number of rotatable bonds is 6. The Hall–Kier alpha value is -3.35. The summed E-state index contributed by atoms with van der Waals surface area (Å²) in [7, 11) is 0. The first-order chi connectivity index (χ1) is 16.3. The van der Waals surface area contributed by atoms with E-state index in [1.165, 1.54) is 0 Å². The number of alkyl carbamates (subject to hydrolysis) is 1. The minimum Gasteiger partial charge on any atom is -0.481 e. The van der Waals surface area contributed by atoms with Crippen molar-refractivity contribution in [2.45, 2.75) is 51.6 Å². The number of carboxylic acids is 1. The number of carbonyl (C=O) groups excluding carboxylic acids is 2. The quantitative estimate of drug-likeness (QED) is 0.666. The van der Waals surface area contributed by atoms with E-state index < -0.39 is 29.9 Å². The van der Waals surface area contributed by atoms with Crippen LogP contribution in [0.15, 0.2) is 48.5 Å². The van der Waals surface area contributed by atoms with E-state index in [0.717, 1.165) is 22.3 Å². The van der Waals surface area contributed by atoms with Crippen molar-refractivity contribution in [1.29, 1.82) is 0 Å². The third-order valence-electron chi connectivity index (χ3n) is 7.42. The van der Waals surface area contributed by atoms with Crippen molar-refractivity contribution in [2.75, 3.05) is 13.2 Å². The molecule has 34 heavy (non-hydrogen) atoms. The number of fused-ring (bicyclic) bond motifs is 3. The molecule has 0 aromatic heterocycles. The minimum atomic E-state index is -0.873. The molecule has 0 spiro atoms. The maximum atomic E-state index is 13.1. The number of amides is 2. The molecule has 1 fully saturated rings. The highest BCUT2D eigenvalue weighted by molar-refractivity contribution is 5.82. The Morgan fingerprint density at radius 3 is 2.24 bits per heavy atom. The van der Waals surface area contributed by atoms with Gasteiger partial charge in [0.15, 0.2) is 0 Å². The van der Waals surface area contributed by atoms with Gasteiger partial charge in [-0.05, 0) is 48.9 Å². The molecule has 2 N–H and O–H groups in total. The summed E-state index contributed by atoms with van der Waals surface area (Å²) in [6.07, 6.45) is 0.667. The number of nitrogens with one attached hydrogen (secondary N) is 1. The van der Waals surface area contributed by atoms with E-state index in [-0.39, 0.29) is 24.5 Å². The Labute approximate surface area is 200 Å². The highest BCUT2D eigenvalue weighted by Gasteiger charge is 2.38. The van der Waals surface area contributed by atoms with Crippen LogP contribution in [0.2, 0.25) is 0 Å². The van der Waals surface area contributed by atoms with Crippen molar-refractivity contribution in [1.82, 2.24) is 10.2 Å². The summed E-state index contributed by atoms with van der Waals surface area (Å²) in [4.78, 5) is 38.8. The summed E-state index contributed by atoms with van der Waals surface area (Å²) in [5.41, 5.74) is 4.60. The van der Waals surface area contributed by atoms with Crippen LogP contribution >= 0.6 is 0 Å². The lowest BCUT2D eigenvalue weighted by molar-refractivity contribution is -0.150. The van der Waals surface area contributed by atoms with Gasteiger partial charge in [0.25, 0.3) is 0 Å². The molecule has 1 saturated heterocycles. The first-order valence-corrected chi connectivity index (χ1v) is 11.9. The SMILES string of the molecule is CC(NC(=O)OCC1c2ccccc2-c2ccccc21)C(C)C(=O)N1CCC[C@@H](C(=O)O)[C@H]1C. The lowest BCUT2D eigenvalue weighted by Gasteiger charge is -2.39. The summed E-state index contributed by atoms with van der Waals surface area (Å²) in [5.74, 6) is -2.12. The van der Waals surface area contributed by atoms with Crippen molar-refractivity contribution < 1.29 is 24.2 Å². The van der Waals surface area contributed by atoms with Crippen molar-refractivity contribution in [2.24, 2.45) is 11.8 Å². The van der Waals surface area contributed by atoms with Crippen LogP contribution in [0.5, 0.6) is 0 Å². The molecule has 4 rings (SSSR count). The van der Waals surface area contributed by atoms with Gasteiger partial charge in [0.2, 0.25) is 5.91 Å². The van der Waals surface area contributed by atoms with E-state index in [2.05, 4.69) is 29.6 Å². The average molecular weight is 465 g/mol. The van der Waals surface area contributed by atoms with E-state index in [9.17, 15) is 19.5 Å². The highest BCUT2D eigenvalue weighted by Crippen LogP contribution is 2.44. The number of benzene rings is 2. The number of piperidine rings is 1. The fourth-order valence-electron chi connectivity index (χ4n) is 5.21. The number of hydrogen-bond donors (Lipinski definition) is 2. The monoisotopic (exact) mass is 464 g/mol. The molecular weight excluding hydrogens is 432 g/mol. The Morgan fingerprint density at radius 2 is 1.65 bits per heavy atom. The van der Waals surface area contributed by atoms with Gasteiger partial charge < -0.3 is 20.1 Å². The average Bonchev–Trinajstić information content (AvgIpc) is 3.15. The number of nitrogens with zero attached hydrogens (tertiary/aromatic N) is 1. The fraction of sp³-hybridized carbons (Fsp3) is 0.444. The van der Waals surface area contributed by atoms with Gasteiger partial charge in [-0.25, -0.2) is 4.79 Å². The number of hydrogen-bond acceptors (Lipinski definition) is 4. The van der Waals surface area contributed by atoms with Crippen LogP contribution in [-0.2, 0) is 14.3 Å². The molecule has 0 radical (unpaired) electrons. The topological polar surface area (TPSA) is 95.9 Å². The summed E-state index contributed by atoms with van der Waals surface area (Å²) < 4.78 is 5.60. The molecule has 2 aromatic carbocycles. The van der Waals surface area contributed by atoms with Gasteiger partial charge in [-0.1, -0.05) is 55.5 Å². The molecular formula is C27H32N2O5. The molecule has 2 aliphatic rings. The molecule has 1 aliphatic carbocycles. The largest absolute Gasteiger partial charge is 0.481 e. The summed E-state index contributed by atoms with van der Waals surface area (Å²) >= 11 is 0. The van der Waals surface area contributed by atoms with Crippen LogP contribution in [0.1, 0.15) is 50.7 Å². The molecule has 2 aromatic rings. The molecule has 4 atom stereocenters. The van der Waals surface area contributed by atoms with Gasteiger partial charge in [0, 0.05) is 24.5 Å². The van der Waals surface area contributed by atoms with Gasteiger partial charge in [-0.3, -0.25) is 9.59 Å². The smallest absolute Gasteiger partial charge is 0.407 e. The molecule has 1 aliphatic heterocycles. The van der Waals surface area contributed by atoms with Crippen LogP contribution in [0.4, 0.5) is 4.79 Å². The van der Waals surface area contributed by atoms with E-state index in [1.54, 1.807) is 25.7 Å². The zero-order valence-corrected chi connectivity index (χ0v) is 19.9. The van der Waals surface area contributed by atoms with Crippen LogP contribution < -0.4 is 5.32 Å². The first-order valence-electron chi connectivity index (χ1n) is 11.9. The molecule has 0 saturated carbocycles. The van der Waals surface area contributed by atoms with E-state index in [4.69, 9.17) is 4.74 Å². The van der Waals surface area contributed by atoms with Crippen LogP contribution in [0, 0.1) is 11.8 Å². The molecule has 180 valence electrons. The number of ether oxygens (including phenoxy) is 1. The number of carbonyl (C=O) groups is 3. The summed E-state index contributed by atoms with van der Waals surface area (Å²) in [6, 6.07) is 15.5. The van der Waals surface area contributed by atoms with Crippen molar-refractivity contribution in [3.8, 4) is 11.1 Å². The number of aliphatic carboxylic acids is 1. The van der Waals surface area contributed by atoms with Gasteiger partial charge >= 0.3 is 12.1 Å². The van der Waals surface area contributed by atoms with Gasteiger partial charge in [0.05, 0.1) is 11.8 Å². The Bertz CT molecular complexity index is 1040. The molecule has 7 nitrogen and oxygen atoms in total. The molecule has 2 amide bonds. The zero-order chi connectivity index (χ0) is 24.4. The molecule has 2 unspecified atom stereocenters. The minimum absolute atomic E-state index is 0.0327. The maximum absolute atomic E-state index is 13.1. The third-order valence-corrected chi connectivity index (χ3v) is 7.42. The Kier molecular flexibility index (Phi) is 6.91. The fourth-order valence-corrected chi connectivity index (χ4v) is 5.21. The summed E-state index contributed by atoms with van der Waals surface area (Å²) in [6.45, 7) is 6.05. The van der Waals surface area contributed by atoms with Crippen molar-refractivity contribution >= 4 is 18.0 Å². The van der Waals surface area contributed by atoms with Crippen LogP contribution in [-0.4, -0.2) is 53.2 Å². The highest BCUT2D eigenvalue weighted by atomic mass is 16.5. The summed E-state index contributed by atoms with van der Waals surface area (Å²) in [5, 5.41) is 12.2. The predicted molar refractivity (Wildman–Crippen MR) is 128 cm³/mol. The molecule has 7 heteroatoms. The van der Waals surface area contributed by atoms with Crippen LogP contribution in [0.25, 0.3) is 11.1 Å². The first kappa shape index (κ1) is 23.8. The van der Waals surface area contributed by atoms with Crippen molar-refractivity contribution in [3.05, 3.63) is 59.7 Å². The predicted octanol–water partition coefficient (Wildman–Crippen LogP) is 4.26. The normalized spacial score (nSPS) is 21.2. The zero-order valence-electron chi connectivity index (χ0n) is 19.9. The van der Waals surface area contributed by atoms with Crippen LogP contribution in [0.3, 0.4) is 0 Å². The van der Waals surface area contributed by atoms with E-state index >= 15 is 0 Å². The Morgan fingerprint density at radius 1 is 1.06 bits per heavy atom. The molecule has 0 bridgehead atoms. The van der Waals surface area contributed by atoms with E-state index in [1.807, 2.05) is 24.3 Å². The number of likely N-dealkylation sites (tertiary alicyclic amines) is 1. The second-order valence-corrected chi connectivity index (χ2v) is 9.41. The molecule has 1 heterocycles. The van der Waals surface area contributed by atoms with Gasteiger partial charge in [-0.15, -0.1) is 0 Å². The van der Waals surface area contributed by atoms with Crippen molar-refractivity contribution in [3.63, 3.8) is 0 Å². The maximum Gasteiger partial charge on any atom is 0.407 e.